The first-order valence-electron chi connectivity index (χ1n) is 4.35. The van der Waals surface area contributed by atoms with Crippen molar-refractivity contribution in [3.8, 4) is 11.5 Å². The van der Waals surface area contributed by atoms with Gasteiger partial charge in [0.1, 0.15) is 17.3 Å². The van der Waals surface area contributed by atoms with Crippen LogP contribution < -0.4 is 4.74 Å². The quantitative estimate of drug-likeness (QED) is 0.743. The minimum Gasteiger partial charge on any atom is -0.457 e. The SMILES string of the molecule is Fc1c[c]c(Oc2ccc(Cl)cc2)cc1. The molecule has 0 aliphatic heterocycles. The van der Waals surface area contributed by atoms with Crippen LogP contribution in [0, 0.1) is 11.9 Å². The zero-order valence-electron chi connectivity index (χ0n) is 7.71. The van der Waals surface area contributed by atoms with Crippen LogP contribution >= 0.6 is 11.6 Å². The highest BCUT2D eigenvalue weighted by atomic mass is 35.5. The number of hydrogen-bond donors (Lipinski definition) is 0. The van der Waals surface area contributed by atoms with E-state index in [2.05, 4.69) is 6.07 Å². The summed E-state index contributed by atoms with van der Waals surface area (Å²) >= 11 is 5.72. The Morgan fingerprint density at radius 1 is 1.07 bits per heavy atom. The Morgan fingerprint density at radius 3 is 2.40 bits per heavy atom. The van der Waals surface area contributed by atoms with Crippen LogP contribution in [0.1, 0.15) is 0 Å². The van der Waals surface area contributed by atoms with Crippen molar-refractivity contribution in [3.05, 3.63) is 59.4 Å². The summed E-state index contributed by atoms with van der Waals surface area (Å²) in [6.45, 7) is 0. The molecule has 0 aliphatic rings. The summed E-state index contributed by atoms with van der Waals surface area (Å²) in [5.74, 6) is 0.777. The molecule has 15 heavy (non-hydrogen) atoms. The molecule has 0 atom stereocenters. The number of benzene rings is 2. The maximum absolute atomic E-state index is 12.6. The van der Waals surface area contributed by atoms with Crippen molar-refractivity contribution < 1.29 is 9.13 Å². The summed E-state index contributed by atoms with van der Waals surface area (Å²) in [4.78, 5) is 0. The van der Waals surface area contributed by atoms with E-state index in [1.54, 1.807) is 24.3 Å². The van der Waals surface area contributed by atoms with Gasteiger partial charge >= 0.3 is 0 Å². The molecule has 0 spiro atoms. The maximum atomic E-state index is 12.6. The molecule has 0 unspecified atom stereocenters. The molecule has 0 heterocycles. The van der Waals surface area contributed by atoms with E-state index in [0.717, 1.165) is 0 Å². The largest absolute Gasteiger partial charge is 0.457 e. The molecule has 0 fully saturated rings. The van der Waals surface area contributed by atoms with Gasteiger partial charge in [0.25, 0.3) is 0 Å². The Kier molecular flexibility index (Phi) is 2.88. The summed E-state index contributed by atoms with van der Waals surface area (Å²) in [5, 5.41) is 0.644. The molecule has 1 radical (unpaired) electrons. The van der Waals surface area contributed by atoms with Gasteiger partial charge in [0.05, 0.1) is 0 Å². The second-order valence-corrected chi connectivity index (χ2v) is 3.36. The molecule has 0 saturated heterocycles. The Bertz CT molecular complexity index is 393. The zero-order valence-corrected chi connectivity index (χ0v) is 8.46. The van der Waals surface area contributed by atoms with Crippen LogP contribution in [0.4, 0.5) is 4.39 Å². The van der Waals surface area contributed by atoms with Gasteiger partial charge in [0, 0.05) is 11.1 Å². The van der Waals surface area contributed by atoms with Crippen molar-refractivity contribution in [3.63, 3.8) is 0 Å². The first kappa shape index (κ1) is 9.99. The van der Waals surface area contributed by atoms with Crippen molar-refractivity contribution in [2.75, 3.05) is 0 Å². The minimum absolute atomic E-state index is 0.335. The molecule has 0 amide bonds. The molecule has 3 heteroatoms. The molecule has 75 valence electrons. The standard InChI is InChI=1S/C12H7ClFO/c13-9-1-5-11(6-2-9)15-12-7-3-10(14)4-8-12/h1-7H. The Labute approximate surface area is 92.1 Å². The highest BCUT2D eigenvalue weighted by Crippen LogP contribution is 2.22. The van der Waals surface area contributed by atoms with Gasteiger partial charge in [0.2, 0.25) is 0 Å². The lowest BCUT2D eigenvalue weighted by molar-refractivity contribution is 0.479. The zero-order chi connectivity index (χ0) is 10.7. The van der Waals surface area contributed by atoms with Gasteiger partial charge in [-0.25, -0.2) is 4.39 Å². The molecule has 1 nitrogen and oxygen atoms in total. The van der Waals surface area contributed by atoms with E-state index in [4.69, 9.17) is 16.3 Å². The number of rotatable bonds is 2. The van der Waals surface area contributed by atoms with Crippen LogP contribution in [0.3, 0.4) is 0 Å². The molecule has 0 aromatic heterocycles. The summed E-state index contributed by atoms with van der Waals surface area (Å²) < 4.78 is 18.0. The predicted molar refractivity (Wildman–Crippen MR) is 56.8 cm³/mol. The van der Waals surface area contributed by atoms with Crippen molar-refractivity contribution in [2.45, 2.75) is 0 Å². The van der Waals surface area contributed by atoms with Gasteiger partial charge in [0.15, 0.2) is 0 Å². The van der Waals surface area contributed by atoms with Crippen LogP contribution in [0.15, 0.2) is 42.5 Å². The van der Waals surface area contributed by atoms with Gasteiger partial charge < -0.3 is 4.74 Å². The smallest absolute Gasteiger partial charge is 0.135 e. The van der Waals surface area contributed by atoms with Gasteiger partial charge in [-0.3, -0.25) is 0 Å². The van der Waals surface area contributed by atoms with Gasteiger partial charge in [-0.1, -0.05) is 11.6 Å². The molecule has 2 aromatic carbocycles. The monoisotopic (exact) mass is 221 g/mol. The molecular weight excluding hydrogens is 215 g/mol. The summed E-state index contributed by atoms with van der Waals surface area (Å²) in [6, 6.07) is 13.7. The average Bonchev–Trinajstić information content (AvgIpc) is 2.25. The summed E-state index contributed by atoms with van der Waals surface area (Å²) in [6.07, 6.45) is 0. The Hall–Kier alpha value is -1.54. The third-order valence-electron chi connectivity index (χ3n) is 1.79. The van der Waals surface area contributed by atoms with Crippen LogP contribution in [0.25, 0.3) is 0 Å². The van der Waals surface area contributed by atoms with E-state index in [9.17, 15) is 4.39 Å². The lowest BCUT2D eigenvalue weighted by atomic mass is 10.3. The van der Waals surface area contributed by atoms with Gasteiger partial charge in [-0.2, -0.15) is 0 Å². The van der Waals surface area contributed by atoms with Gasteiger partial charge in [-0.05, 0) is 42.5 Å². The van der Waals surface area contributed by atoms with E-state index < -0.39 is 0 Å². The first-order valence-corrected chi connectivity index (χ1v) is 4.72. The predicted octanol–water partition coefficient (Wildman–Crippen LogP) is 4.07. The fraction of sp³-hybridized carbons (Fsp3) is 0. The first-order chi connectivity index (χ1) is 7.24. The third kappa shape index (κ3) is 2.70. The van der Waals surface area contributed by atoms with Crippen molar-refractivity contribution in [1.29, 1.82) is 0 Å². The molecule has 0 saturated carbocycles. The fourth-order valence-corrected chi connectivity index (χ4v) is 1.21. The number of halogens is 2. The third-order valence-corrected chi connectivity index (χ3v) is 2.04. The lowest BCUT2D eigenvalue weighted by Crippen LogP contribution is -1.84. The fourth-order valence-electron chi connectivity index (χ4n) is 1.08. The van der Waals surface area contributed by atoms with E-state index in [1.165, 1.54) is 18.2 Å². The molecular formula is C12H7ClFO. The van der Waals surface area contributed by atoms with Crippen LogP contribution in [0.2, 0.25) is 5.02 Å². The molecule has 0 aliphatic carbocycles. The molecule has 0 N–H and O–H groups in total. The van der Waals surface area contributed by atoms with E-state index in [1.807, 2.05) is 0 Å². The van der Waals surface area contributed by atoms with E-state index >= 15 is 0 Å². The second kappa shape index (κ2) is 4.32. The molecule has 0 bridgehead atoms. The summed E-state index contributed by atoms with van der Waals surface area (Å²) in [5.41, 5.74) is 0. The Morgan fingerprint density at radius 2 is 1.80 bits per heavy atom. The topological polar surface area (TPSA) is 9.23 Å². The molecule has 2 aromatic rings. The highest BCUT2D eigenvalue weighted by molar-refractivity contribution is 6.30. The average molecular weight is 222 g/mol. The summed E-state index contributed by atoms with van der Waals surface area (Å²) in [7, 11) is 0. The normalized spacial score (nSPS) is 10.0. The number of ether oxygens (including phenoxy) is 1. The lowest BCUT2D eigenvalue weighted by Gasteiger charge is -2.04. The molecule has 2 rings (SSSR count). The number of hydrogen-bond acceptors (Lipinski definition) is 1. The van der Waals surface area contributed by atoms with Crippen LogP contribution in [-0.4, -0.2) is 0 Å². The highest BCUT2D eigenvalue weighted by Gasteiger charge is 1.97. The van der Waals surface area contributed by atoms with Gasteiger partial charge in [-0.15, -0.1) is 0 Å². The van der Waals surface area contributed by atoms with E-state index in [0.29, 0.717) is 16.5 Å². The maximum Gasteiger partial charge on any atom is 0.135 e. The van der Waals surface area contributed by atoms with Crippen LogP contribution in [-0.2, 0) is 0 Å². The van der Waals surface area contributed by atoms with E-state index in [-0.39, 0.29) is 5.82 Å². The van der Waals surface area contributed by atoms with Crippen molar-refractivity contribution in [2.24, 2.45) is 0 Å². The van der Waals surface area contributed by atoms with Crippen molar-refractivity contribution >= 4 is 11.6 Å². The minimum atomic E-state index is -0.335. The Balaban J connectivity index is 2.15. The van der Waals surface area contributed by atoms with Crippen LogP contribution in [0.5, 0.6) is 11.5 Å². The second-order valence-electron chi connectivity index (χ2n) is 2.93. The van der Waals surface area contributed by atoms with Crippen molar-refractivity contribution in [1.82, 2.24) is 0 Å².